The van der Waals surface area contributed by atoms with E-state index in [0.717, 1.165) is 22.8 Å². The largest absolute Gasteiger partial charge is 0.332 e. The van der Waals surface area contributed by atoms with Gasteiger partial charge in [0.25, 0.3) is 5.91 Å². The number of anilines is 1. The van der Waals surface area contributed by atoms with Gasteiger partial charge in [0.05, 0.1) is 13.1 Å². The van der Waals surface area contributed by atoms with Gasteiger partial charge in [-0.25, -0.2) is 0 Å². The van der Waals surface area contributed by atoms with Crippen LogP contribution in [0.1, 0.15) is 36.9 Å². The molecule has 0 aromatic heterocycles. The summed E-state index contributed by atoms with van der Waals surface area (Å²) < 4.78 is 0. The molecule has 4 nitrogen and oxygen atoms in total. The molecule has 0 unspecified atom stereocenters. The van der Waals surface area contributed by atoms with E-state index in [1.54, 1.807) is 4.90 Å². The molecule has 1 amide bonds. The first-order chi connectivity index (χ1) is 12.6. The molecule has 5 heteroatoms. The molecule has 2 aromatic rings. The molecule has 0 saturated carbocycles. The Morgan fingerprint density at radius 3 is 2.54 bits per heavy atom. The fourth-order valence-corrected chi connectivity index (χ4v) is 3.82. The van der Waals surface area contributed by atoms with Crippen LogP contribution in [0.25, 0.3) is 0 Å². The fourth-order valence-electron chi connectivity index (χ4n) is 3.51. The second kappa shape index (κ2) is 9.17. The number of rotatable bonds is 7. The molecule has 1 fully saturated rings. The minimum absolute atomic E-state index is 0.00169. The van der Waals surface area contributed by atoms with Gasteiger partial charge >= 0.3 is 0 Å². The van der Waals surface area contributed by atoms with E-state index >= 15 is 0 Å². The van der Waals surface area contributed by atoms with Crippen molar-refractivity contribution in [3.05, 3.63) is 64.7 Å². The third-order valence-electron chi connectivity index (χ3n) is 5.06. The number of quaternary nitrogens is 2. The second-order valence-electron chi connectivity index (χ2n) is 7.13. The highest BCUT2D eigenvalue weighted by Gasteiger charge is 2.16. The average Bonchev–Trinajstić information content (AvgIpc) is 3.15. The van der Waals surface area contributed by atoms with Gasteiger partial charge in [0, 0.05) is 34.7 Å². The lowest BCUT2D eigenvalue weighted by Gasteiger charge is -2.13. The maximum atomic E-state index is 12.2. The lowest BCUT2D eigenvalue weighted by Crippen LogP contribution is -3.08. The van der Waals surface area contributed by atoms with Crippen LogP contribution in [0.4, 0.5) is 5.69 Å². The van der Waals surface area contributed by atoms with Crippen molar-refractivity contribution in [3.63, 3.8) is 0 Å². The van der Waals surface area contributed by atoms with Gasteiger partial charge in [-0.15, -0.1) is 0 Å². The van der Waals surface area contributed by atoms with Crippen LogP contribution in [0.5, 0.6) is 0 Å². The second-order valence-corrected chi connectivity index (χ2v) is 7.54. The number of nitrogens with one attached hydrogen (secondary N) is 2. The SMILES string of the molecule is C[C@H]([NH2+]CC(=O)Nc1ccc(C[NH+]2CCCC2)cc1)c1ccccc1Cl. The first-order valence-electron chi connectivity index (χ1n) is 9.42. The summed E-state index contributed by atoms with van der Waals surface area (Å²) in [6.07, 6.45) is 2.68. The molecule has 1 aliphatic heterocycles. The Morgan fingerprint density at radius 2 is 1.85 bits per heavy atom. The standard InChI is InChI=1S/C21H26ClN3O/c1-16(19-6-2-3-7-20(19)22)23-14-21(26)24-18-10-8-17(9-11-18)15-25-12-4-5-13-25/h2-3,6-11,16,23H,4-5,12-15H2,1H3,(H,24,26)/p+2/t16-/m0/s1. The van der Waals surface area contributed by atoms with Crippen LogP contribution < -0.4 is 15.5 Å². The fraction of sp³-hybridized carbons (Fsp3) is 0.381. The first kappa shape index (κ1) is 18.9. The Kier molecular flexibility index (Phi) is 6.67. The molecule has 0 aliphatic carbocycles. The molecule has 4 N–H and O–H groups in total. The van der Waals surface area contributed by atoms with E-state index in [1.165, 1.54) is 31.5 Å². The van der Waals surface area contributed by atoms with Crippen molar-refractivity contribution in [1.29, 1.82) is 0 Å². The van der Waals surface area contributed by atoms with Crippen molar-refractivity contribution < 1.29 is 15.0 Å². The molecule has 1 saturated heterocycles. The Bertz CT molecular complexity index is 726. The summed E-state index contributed by atoms with van der Waals surface area (Å²) in [7, 11) is 0. The van der Waals surface area contributed by atoms with Crippen LogP contribution in [0.3, 0.4) is 0 Å². The lowest BCUT2D eigenvalue weighted by atomic mass is 10.1. The predicted molar refractivity (Wildman–Crippen MR) is 105 cm³/mol. The summed E-state index contributed by atoms with van der Waals surface area (Å²) in [5.74, 6) is 0.00169. The van der Waals surface area contributed by atoms with Gasteiger partial charge in [-0.3, -0.25) is 4.79 Å². The van der Waals surface area contributed by atoms with Crippen LogP contribution in [0, 0.1) is 0 Å². The third-order valence-corrected chi connectivity index (χ3v) is 5.40. The lowest BCUT2D eigenvalue weighted by molar-refractivity contribution is -0.901. The highest BCUT2D eigenvalue weighted by molar-refractivity contribution is 6.31. The zero-order chi connectivity index (χ0) is 18.4. The van der Waals surface area contributed by atoms with Gasteiger partial charge in [-0.2, -0.15) is 0 Å². The molecule has 1 heterocycles. The van der Waals surface area contributed by atoms with Crippen molar-refractivity contribution in [2.24, 2.45) is 0 Å². The Hall–Kier alpha value is -1.88. The molecule has 138 valence electrons. The van der Waals surface area contributed by atoms with Gasteiger partial charge in [0.2, 0.25) is 0 Å². The molecule has 0 bridgehead atoms. The number of nitrogens with two attached hydrogens (primary N) is 1. The topological polar surface area (TPSA) is 50.1 Å². The van der Waals surface area contributed by atoms with Crippen LogP contribution >= 0.6 is 11.6 Å². The molecule has 0 spiro atoms. The zero-order valence-corrected chi connectivity index (χ0v) is 16.1. The van der Waals surface area contributed by atoms with Crippen molar-refractivity contribution in [1.82, 2.24) is 0 Å². The van der Waals surface area contributed by atoms with Crippen molar-refractivity contribution in [3.8, 4) is 0 Å². The van der Waals surface area contributed by atoms with Gasteiger partial charge < -0.3 is 15.5 Å². The predicted octanol–water partition coefficient (Wildman–Crippen LogP) is 1.78. The highest BCUT2D eigenvalue weighted by Crippen LogP contribution is 2.19. The van der Waals surface area contributed by atoms with E-state index in [4.69, 9.17) is 11.6 Å². The number of carbonyl (C=O) groups excluding carboxylic acids is 1. The maximum Gasteiger partial charge on any atom is 0.279 e. The number of carbonyl (C=O) groups is 1. The molecule has 26 heavy (non-hydrogen) atoms. The van der Waals surface area contributed by atoms with Crippen molar-refractivity contribution in [2.45, 2.75) is 32.4 Å². The van der Waals surface area contributed by atoms with Gasteiger partial charge in [0.1, 0.15) is 12.6 Å². The molecule has 3 rings (SSSR count). The summed E-state index contributed by atoms with van der Waals surface area (Å²) >= 11 is 6.22. The van der Waals surface area contributed by atoms with Gasteiger partial charge in [-0.1, -0.05) is 41.9 Å². The van der Waals surface area contributed by atoms with Crippen LogP contribution in [-0.2, 0) is 11.3 Å². The van der Waals surface area contributed by atoms with Gasteiger partial charge in [-0.05, 0) is 25.1 Å². The quantitative estimate of drug-likeness (QED) is 0.680. The Labute approximate surface area is 160 Å². The zero-order valence-electron chi connectivity index (χ0n) is 15.3. The first-order valence-corrected chi connectivity index (χ1v) is 9.80. The van der Waals surface area contributed by atoms with Crippen LogP contribution in [0.2, 0.25) is 5.02 Å². The summed E-state index contributed by atoms with van der Waals surface area (Å²) in [5.41, 5.74) is 3.24. The van der Waals surface area contributed by atoms with E-state index in [-0.39, 0.29) is 11.9 Å². The number of hydrogen-bond donors (Lipinski definition) is 3. The Morgan fingerprint density at radius 1 is 1.15 bits per heavy atom. The summed E-state index contributed by atoms with van der Waals surface area (Å²) in [4.78, 5) is 13.9. The summed E-state index contributed by atoms with van der Waals surface area (Å²) in [5, 5.41) is 5.72. The number of hydrogen-bond acceptors (Lipinski definition) is 1. The van der Waals surface area contributed by atoms with E-state index in [2.05, 4.69) is 24.4 Å². The molecule has 2 aromatic carbocycles. The maximum absolute atomic E-state index is 12.2. The number of halogens is 1. The molecular weight excluding hydrogens is 346 g/mol. The smallest absolute Gasteiger partial charge is 0.279 e. The van der Waals surface area contributed by atoms with Gasteiger partial charge in [0.15, 0.2) is 6.54 Å². The highest BCUT2D eigenvalue weighted by atomic mass is 35.5. The molecular formula is C21H28ClN3O+2. The molecule has 1 atom stereocenters. The normalized spacial score (nSPS) is 15.8. The van der Waals surface area contributed by atoms with E-state index in [0.29, 0.717) is 6.54 Å². The van der Waals surface area contributed by atoms with Crippen LogP contribution in [-0.4, -0.2) is 25.5 Å². The number of benzene rings is 2. The monoisotopic (exact) mass is 373 g/mol. The van der Waals surface area contributed by atoms with Crippen molar-refractivity contribution in [2.75, 3.05) is 25.0 Å². The average molecular weight is 374 g/mol. The minimum atomic E-state index is 0.00169. The van der Waals surface area contributed by atoms with E-state index in [9.17, 15) is 4.79 Å². The van der Waals surface area contributed by atoms with E-state index < -0.39 is 0 Å². The molecule has 1 aliphatic rings. The number of likely N-dealkylation sites (tertiary alicyclic amines) is 1. The minimum Gasteiger partial charge on any atom is -0.332 e. The summed E-state index contributed by atoms with van der Waals surface area (Å²) in [6, 6.07) is 16.2. The number of amides is 1. The van der Waals surface area contributed by atoms with Crippen molar-refractivity contribution >= 4 is 23.2 Å². The van der Waals surface area contributed by atoms with Crippen LogP contribution in [0.15, 0.2) is 48.5 Å². The third kappa shape index (κ3) is 5.31. The molecule has 0 radical (unpaired) electrons. The van der Waals surface area contributed by atoms with E-state index in [1.807, 2.05) is 41.7 Å². The summed E-state index contributed by atoms with van der Waals surface area (Å²) in [6.45, 7) is 6.06. The Balaban J connectivity index is 1.46.